The molecule has 124 valence electrons. The van der Waals surface area contributed by atoms with Gasteiger partial charge < -0.3 is 33.4 Å². The maximum Gasteiger partial charge on any atom is 0.102 e. The fraction of sp³-hybridized carbons (Fsp3) is 0.923. The smallest absolute Gasteiger partial charge is 0.102 e. The van der Waals surface area contributed by atoms with Crippen LogP contribution in [0.2, 0.25) is 0 Å². The summed E-state index contributed by atoms with van der Waals surface area (Å²) in [6, 6.07) is 0. The molecule has 0 unspecified atom stereocenters. The Kier molecular flexibility index (Phi) is 15.8. The Hall–Kier alpha value is -0.890. The van der Waals surface area contributed by atoms with Crippen molar-refractivity contribution in [3.8, 4) is 0 Å². The number of carbonyl (C=O) groups excluding carboxylic acids is 1. The van der Waals surface area contributed by atoms with E-state index in [1.807, 2.05) is 0 Å². The Morgan fingerprint density at radius 1 is 0.800 bits per heavy atom. The largest absolute Gasteiger partial charge is 0.652 e. The molecule has 7 heteroatoms. The molecule has 0 heterocycles. The van der Waals surface area contributed by atoms with Crippen LogP contribution in [0, 0.1) is 0 Å². The highest BCUT2D eigenvalue weighted by atomic mass is 16.6. The second-order valence-electron chi connectivity index (χ2n) is 6.26. The number of ether oxygens (including phenoxy) is 2. The van der Waals surface area contributed by atoms with Crippen molar-refractivity contribution in [2.75, 3.05) is 82.8 Å². The summed E-state index contributed by atoms with van der Waals surface area (Å²) in [6.07, 6.45) is -2.33. The monoisotopic (exact) mass is 296 g/mol. The van der Waals surface area contributed by atoms with Crippen molar-refractivity contribution in [3.05, 3.63) is 0 Å². The summed E-state index contributed by atoms with van der Waals surface area (Å²) in [5, 5.41) is 16.7. The zero-order valence-electron chi connectivity index (χ0n) is 14.3. The first-order chi connectivity index (χ1) is 8.85. The number of nitrogens with zero attached hydrogens (tertiary/aromatic N) is 2. The van der Waals surface area contributed by atoms with Gasteiger partial charge in [0.1, 0.15) is 13.1 Å². The van der Waals surface area contributed by atoms with Crippen LogP contribution in [0.25, 0.3) is 0 Å². The lowest BCUT2D eigenvalue weighted by atomic mass is 10.5. The molecule has 20 heavy (non-hydrogen) atoms. The van der Waals surface area contributed by atoms with E-state index in [1.54, 1.807) is 14.2 Å². The van der Waals surface area contributed by atoms with Crippen molar-refractivity contribution in [3.63, 3.8) is 0 Å². The summed E-state index contributed by atoms with van der Waals surface area (Å²) in [5.41, 5.74) is 0. The Labute approximate surface area is 123 Å². The Morgan fingerprint density at radius 2 is 1.00 bits per heavy atom. The molecule has 0 amide bonds. The number of quaternary nitrogens is 2. The normalized spacial score (nSPS) is 10.8. The van der Waals surface area contributed by atoms with Gasteiger partial charge in [0.15, 0.2) is 0 Å². The molecule has 0 rings (SSSR count). The van der Waals surface area contributed by atoms with Gasteiger partial charge in [0.05, 0.1) is 55.5 Å². The Bertz CT molecular complexity index is 200. The average Bonchev–Trinajstić information content (AvgIpc) is 2.21. The van der Waals surface area contributed by atoms with Crippen LogP contribution >= 0.6 is 0 Å². The second-order valence-corrected chi connectivity index (χ2v) is 6.26. The summed E-state index contributed by atoms with van der Waals surface area (Å²) in [5.74, 6) is 0. The minimum atomic E-state index is -2.33. The summed E-state index contributed by atoms with van der Waals surface area (Å²) in [6.45, 7) is 3.86. The minimum absolute atomic E-state index is 0.851. The second kappa shape index (κ2) is 13.1. The molecule has 0 fully saturated rings. The van der Waals surface area contributed by atoms with E-state index in [1.165, 1.54) is 0 Å². The summed E-state index contributed by atoms with van der Waals surface area (Å²) < 4.78 is 11.8. The number of hydrogen-bond donors (Lipinski definition) is 0. The van der Waals surface area contributed by atoms with Gasteiger partial charge in [-0.2, -0.15) is 0 Å². The van der Waals surface area contributed by atoms with Crippen LogP contribution in [0.3, 0.4) is 0 Å². The van der Waals surface area contributed by atoms with E-state index in [2.05, 4.69) is 42.3 Å². The average molecular weight is 296 g/mol. The third kappa shape index (κ3) is 53.5. The van der Waals surface area contributed by atoms with Gasteiger partial charge in [0, 0.05) is 14.2 Å². The molecule has 0 spiro atoms. The maximum absolute atomic E-state index is 8.33. The lowest BCUT2D eigenvalue weighted by Gasteiger charge is -2.22. The number of hydrogen-bond acceptors (Lipinski definition) is 5. The third-order valence-corrected chi connectivity index (χ3v) is 1.93. The van der Waals surface area contributed by atoms with Crippen LogP contribution in [-0.2, 0) is 9.47 Å². The van der Waals surface area contributed by atoms with Gasteiger partial charge >= 0.3 is 0 Å². The molecule has 0 aliphatic carbocycles. The van der Waals surface area contributed by atoms with Gasteiger partial charge in [-0.15, -0.1) is 0 Å². The summed E-state index contributed by atoms with van der Waals surface area (Å²) >= 11 is 0. The first-order valence-electron chi connectivity index (χ1n) is 6.32. The van der Waals surface area contributed by atoms with Gasteiger partial charge in [0.25, 0.3) is 0 Å². The van der Waals surface area contributed by atoms with Crippen LogP contribution in [0.4, 0.5) is 4.79 Å². The molecular weight excluding hydrogens is 264 g/mol. The first kappa shape index (κ1) is 24.1. The standard InChI is InChI=1S/2C6H16NO.CH2O3/c2*1-7(2,3)5-6-8-4;2-1(3)4/h2*5-6H2,1-4H3;(H2,2,3,4)/q2*+1;/p-2. The number of carboxylic acid groups (broad SMARTS) is 2. The SMILES string of the molecule is COCC[N+](C)(C)C.COCC[N+](C)(C)C.O=C([O-])[O-]. The molecule has 0 atom stereocenters. The summed E-state index contributed by atoms with van der Waals surface area (Å²) in [4.78, 5) is 8.33. The molecule has 0 aromatic carbocycles. The first-order valence-corrected chi connectivity index (χ1v) is 6.32. The molecule has 0 bridgehead atoms. The number of carbonyl (C=O) groups is 1. The van der Waals surface area contributed by atoms with E-state index in [0.717, 1.165) is 35.3 Å². The van der Waals surface area contributed by atoms with Gasteiger partial charge in [-0.1, -0.05) is 0 Å². The van der Waals surface area contributed by atoms with Crippen molar-refractivity contribution in [1.29, 1.82) is 0 Å². The number of likely N-dealkylation sites (N-methyl/N-ethyl adjacent to an activating group) is 2. The topological polar surface area (TPSA) is 81.7 Å². The van der Waals surface area contributed by atoms with E-state index >= 15 is 0 Å². The molecule has 0 N–H and O–H groups in total. The summed E-state index contributed by atoms with van der Waals surface area (Å²) in [7, 11) is 16.4. The zero-order chi connectivity index (χ0) is 16.8. The van der Waals surface area contributed by atoms with Crippen molar-refractivity contribution in [2.45, 2.75) is 0 Å². The molecule has 0 aromatic heterocycles. The molecule has 7 nitrogen and oxygen atoms in total. The lowest BCUT2D eigenvalue weighted by Crippen LogP contribution is -2.37. The van der Waals surface area contributed by atoms with Crippen molar-refractivity contribution >= 4 is 6.16 Å². The number of rotatable bonds is 6. The quantitative estimate of drug-likeness (QED) is 0.542. The van der Waals surface area contributed by atoms with Crippen LogP contribution in [0.5, 0.6) is 0 Å². The molecule has 0 aliphatic heterocycles. The molecule has 0 saturated heterocycles. The van der Waals surface area contributed by atoms with Gasteiger partial charge in [0.2, 0.25) is 0 Å². The van der Waals surface area contributed by atoms with Crippen LogP contribution in [0.15, 0.2) is 0 Å². The van der Waals surface area contributed by atoms with Crippen LogP contribution in [0.1, 0.15) is 0 Å². The molecular formula is C13H32N2O5. The zero-order valence-corrected chi connectivity index (χ0v) is 14.3. The van der Waals surface area contributed by atoms with Crippen LogP contribution in [-0.4, -0.2) is 97.9 Å². The third-order valence-electron chi connectivity index (χ3n) is 1.93. The Balaban J connectivity index is -0.000000230. The van der Waals surface area contributed by atoms with E-state index in [0.29, 0.717) is 0 Å². The molecule has 0 saturated carbocycles. The van der Waals surface area contributed by atoms with Gasteiger partial charge in [-0.05, 0) is 6.16 Å². The van der Waals surface area contributed by atoms with Gasteiger partial charge in [-0.25, -0.2) is 0 Å². The predicted octanol–water partition coefficient (Wildman–Crippen LogP) is -1.77. The lowest BCUT2D eigenvalue weighted by molar-refractivity contribution is -0.870. The highest BCUT2D eigenvalue weighted by Crippen LogP contribution is 1.87. The highest BCUT2D eigenvalue weighted by Gasteiger charge is 2.04. The van der Waals surface area contributed by atoms with Crippen molar-refractivity contribution in [1.82, 2.24) is 0 Å². The van der Waals surface area contributed by atoms with E-state index < -0.39 is 6.16 Å². The Morgan fingerprint density at radius 3 is 1.05 bits per heavy atom. The maximum atomic E-state index is 8.33. The van der Waals surface area contributed by atoms with Gasteiger partial charge in [-0.3, -0.25) is 0 Å². The van der Waals surface area contributed by atoms with Crippen molar-refractivity contribution < 1.29 is 33.4 Å². The van der Waals surface area contributed by atoms with E-state index in [-0.39, 0.29) is 0 Å². The highest BCUT2D eigenvalue weighted by molar-refractivity contribution is 5.47. The minimum Gasteiger partial charge on any atom is -0.652 e. The number of methoxy groups -OCH3 is 2. The fourth-order valence-electron chi connectivity index (χ4n) is 0.730. The fourth-order valence-corrected chi connectivity index (χ4v) is 0.730. The molecule has 0 radical (unpaired) electrons. The molecule has 0 aliphatic rings. The van der Waals surface area contributed by atoms with E-state index in [9.17, 15) is 0 Å². The molecule has 0 aromatic rings. The predicted molar refractivity (Wildman–Crippen MR) is 74.9 cm³/mol. The van der Waals surface area contributed by atoms with E-state index in [4.69, 9.17) is 24.5 Å². The van der Waals surface area contributed by atoms with Crippen molar-refractivity contribution in [2.24, 2.45) is 0 Å². The van der Waals surface area contributed by atoms with Crippen LogP contribution < -0.4 is 10.2 Å².